The Bertz CT molecular complexity index is 141. The Morgan fingerprint density at radius 1 is 1.62 bits per heavy atom. The highest BCUT2D eigenvalue weighted by atomic mass is 16.3. The third kappa shape index (κ3) is 3.63. The molecule has 1 saturated heterocycles. The quantitative estimate of drug-likeness (QED) is 0.654. The molecular weight excluding hydrogens is 164 g/mol. The molecule has 0 spiro atoms. The van der Waals surface area contributed by atoms with Crippen molar-refractivity contribution in [2.75, 3.05) is 26.2 Å². The number of nitrogens with two attached hydrogens (primary N) is 1. The fourth-order valence-corrected chi connectivity index (χ4v) is 1.89. The normalized spacial score (nSPS) is 26.5. The Hall–Kier alpha value is -0.120. The van der Waals surface area contributed by atoms with Gasteiger partial charge in [0.1, 0.15) is 0 Å². The number of rotatable bonds is 5. The third-order valence-electron chi connectivity index (χ3n) is 3.00. The maximum absolute atomic E-state index is 8.76. The number of aliphatic hydroxyl groups is 1. The van der Waals surface area contributed by atoms with E-state index < -0.39 is 0 Å². The average molecular weight is 186 g/mol. The van der Waals surface area contributed by atoms with Crippen molar-refractivity contribution in [1.29, 1.82) is 0 Å². The predicted molar refractivity (Wildman–Crippen MR) is 54.5 cm³/mol. The van der Waals surface area contributed by atoms with Gasteiger partial charge < -0.3 is 15.7 Å². The summed E-state index contributed by atoms with van der Waals surface area (Å²) >= 11 is 0. The van der Waals surface area contributed by atoms with Crippen molar-refractivity contribution in [3.8, 4) is 0 Å². The van der Waals surface area contributed by atoms with Gasteiger partial charge in [0.05, 0.1) is 6.61 Å². The molecular formula is C10H22N2O. The molecule has 3 N–H and O–H groups in total. The van der Waals surface area contributed by atoms with E-state index in [-0.39, 0.29) is 12.6 Å². The van der Waals surface area contributed by atoms with Crippen LogP contribution in [0.1, 0.15) is 26.2 Å². The van der Waals surface area contributed by atoms with E-state index in [9.17, 15) is 0 Å². The van der Waals surface area contributed by atoms with Crippen LogP contribution in [0.4, 0.5) is 0 Å². The molecule has 0 aromatic rings. The van der Waals surface area contributed by atoms with E-state index in [0.29, 0.717) is 0 Å². The molecule has 1 rings (SSSR count). The number of aliphatic hydroxyl groups excluding tert-OH is 1. The summed E-state index contributed by atoms with van der Waals surface area (Å²) in [5, 5.41) is 8.76. The summed E-state index contributed by atoms with van der Waals surface area (Å²) in [6.07, 6.45) is 3.56. The molecule has 1 fully saturated rings. The number of nitrogens with zero attached hydrogens (tertiary/aromatic N) is 1. The van der Waals surface area contributed by atoms with E-state index in [4.69, 9.17) is 10.8 Å². The van der Waals surface area contributed by atoms with Crippen LogP contribution in [0.25, 0.3) is 0 Å². The summed E-state index contributed by atoms with van der Waals surface area (Å²) in [4.78, 5) is 2.46. The van der Waals surface area contributed by atoms with E-state index in [1.54, 1.807) is 0 Å². The molecule has 1 aliphatic rings. The molecule has 3 nitrogen and oxygen atoms in total. The van der Waals surface area contributed by atoms with Gasteiger partial charge in [-0.15, -0.1) is 0 Å². The molecule has 0 bridgehead atoms. The number of hydrogen-bond donors (Lipinski definition) is 2. The third-order valence-corrected chi connectivity index (χ3v) is 3.00. The molecule has 0 aromatic heterocycles. The highest BCUT2D eigenvalue weighted by Gasteiger charge is 2.20. The standard InChI is InChI=1S/C10H22N2O/c1-2-9-3-5-12(7-9)6-4-10(11)8-13/h9-10,13H,2-8,11H2,1H3. The van der Waals surface area contributed by atoms with Gasteiger partial charge in [0.2, 0.25) is 0 Å². The summed E-state index contributed by atoms with van der Waals surface area (Å²) < 4.78 is 0. The predicted octanol–water partition coefficient (Wildman–Crippen LogP) is 0.428. The molecule has 13 heavy (non-hydrogen) atoms. The summed E-state index contributed by atoms with van der Waals surface area (Å²) in [5.41, 5.74) is 5.64. The first-order valence-electron chi connectivity index (χ1n) is 5.35. The van der Waals surface area contributed by atoms with Crippen LogP contribution in [-0.2, 0) is 0 Å². The van der Waals surface area contributed by atoms with Crippen molar-refractivity contribution < 1.29 is 5.11 Å². The minimum Gasteiger partial charge on any atom is -0.395 e. The topological polar surface area (TPSA) is 49.5 Å². The van der Waals surface area contributed by atoms with E-state index in [1.165, 1.54) is 25.9 Å². The van der Waals surface area contributed by atoms with E-state index in [0.717, 1.165) is 18.9 Å². The molecule has 2 unspecified atom stereocenters. The zero-order valence-electron chi connectivity index (χ0n) is 8.58. The minimum absolute atomic E-state index is 0.0272. The average Bonchev–Trinajstić information content (AvgIpc) is 2.61. The van der Waals surface area contributed by atoms with Crippen molar-refractivity contribution in [2.45, 2.75) is 32.2 Å². The summed E-state index contributed by atoms with van der Waals surface area (Å²) in [6.45, 7) is 5.88. The number of hydrogen-bond acceptors (Lipinski definition) is 3. The lowest BCUT2D eigenvalue weighted by Crippen LogP contribution is -2.31. The Balaban J connectivity index is 2.10. The molecule has 0 saturated carbocycles. The summed E-state index contributed by atoms with van der Waals surface area (Å²) in [5.74, 6) is 0.894. The first kappa shape index (κ1) is 11.0. The molecule has 0 aliphatic carbocycles. The highest BCUT2D eigenvalue weighted by Crippen LogP contribution is 2.18. The zero-order valence-corrected chi connectivity index (χ0v) is 8.58. The molecule has 0 amide bonds. The van der Waals surface area contributed by atoms with Gasteiger partial charge >= 0.3 is 0 Å². The van der Waals surface area contributed by atoms with Crippen LogP contribution in [0.2, 0.25) is 0 Å². The van der Waals surface area contributed by atoms with Crippen molar-refractivity contribution in [2.24, 2.45) is 11.7 Å². The van der Waals surface area contributed by atoms with Crippen LogP contribution < -0.4 is 5.73 Å². The van der Waals surface area contributed by atoms with Gasteiger partial charge in [-0.3, -0.25) is 0 Å². The Morgan fingerprint density at radius 2 is 2.38 bits per heavy atom. The first-order valence-corrected chi connectivity index (χ1v) is 5.35. The van der Waals surface area contributed by atoms with Gasteiger partial charge in [-0.05, 0) is 31.8 Å². The lowest BCUT2D eigenvalue weighted by molar-refractivity contribution is 0.237. The van der Waals surface area contributed by atoms with E-state index in [2.05, 4.69) is 11.8 Å². The van der Waals surface area contributed by atoms with E-state index >= 15 is 0 Å². The fraction of sp³-hybridized carbons (Fsp3) is 1.00. The summed E-state index contributed by atoms with van der Waals surface area (Å²) in [7, 11) is 0. The second kappa shape index (κ2) is 5.58. The molecule has 78 valence electrons. The second-order valence-corrected chi connectivity index (χ2v) is 4.09. The van der Waals surface area contributed by atoms with Gasteiger partial charge in [0.15, 0.2) is 0 Å². The van der Waals surface area contributed by atoms with Gasteiger partial charge in [-0.2, -0.15) is 0 Å². The zero-order chi connectivity index (χ0) is 9.68. The maximum Gasteiger partial charge on any atom is 0.0583 e. The van der Waals surface area contributed by atoms with Gasteiger partial charge in [0, 0.05) is 12.6 Å². The van der Waals surface area contributed by atoms with Crippen LogP contribution >= 0.6 is 0 Å². The van der Waals surface area contributed by atoms with Crippen LogP contribution in [0.5, 0.6) is 0 Å². The largest absolute Gasteiger partial charge is 0.395 e. The van der Waals surface area contributed by atoms with Gasteiger partial charge in [-0.25, -0.2) is 0 Å². The molecule has 1 heterocycles. The van der Waals surface area contributed by atoms with E-state index in [1.807, 2.05) is 0 Å². The van der Waals surface area contributed by atoms with Gasteiger partial charge in [-0.1, -0.05) is 13.3 Å². The molecule has 2 atom stereocenters. The number of likely N-dealkylation sites (tertiary alicyclic amines) is 1. The monoisotopic (exact) mass is 186 g/mol. The van der Waals surface area contributed by atoms with Crippen LogP contribution in [0, 0.1) is 5.92 Å². The maximum atomic E-state index is 8.76. The molecule has 1 aliphatic heterocycles. The minimum atomic E-state index is -0.0272. The van der Waals surface area contributed by atoms with Crippen LogP contribution in [-0.4, -0.2) is 42.3 Å². The molecule has 3 heteroatoms. The van der Waals surface area contributed by atoms with Crippen LogP contribution in [0.15, 0.2) is 0 Å². The summed E-state index contributed by atoms with van der Waals surface area (Å²) in [6, 6.07) is -0.0272. The lowest BCUT2D eigenvalue weighted by atomic mass is 10.1. The Labute approximate surface area is 80.9 Å². The van der Waals surface area contributed by atoms with Crippen LogP contribution in [0.3, 0.4) is 0 Å². The first-order chi connectivity index (χ1) is 6.26. The smallest absolute Gasteiger partial charge is 0.0583 e. The molecule has 0 radical (unpaired) electrons. The Kier molecular flexibility index (Phi) is 4.70. The van der Waals surface area contributed by atoms with Crippen molar-refractivity contribution in [3.05, 3.63) is 0 Å². The SMILES string of the molecule is CCC1CCN(CCC(N)CO)C1. The lowest BCUT2D eigenvalue weighted by Gasteiger charge is -2.17. The van der Waals surface area contributed by atoms with Crippen molar-refractivity contribution >= 4 is 0 Å². The highest BCUT2D eigenvalue weighted by molar-refractivity contribution is 4.75. The van der Waals surface area contributed by atoms with Crippen molar-refractivity contribution in [1.82, 2.24) is 4.90 Å². The van der Waals surface area contributed by atoms with Gasteiger partial charge in [0.25, 0.3) is 0 Å². The fourth-order valence-electron chi connectivity index (χ4n) is 1.89. The Morgan fingerprint density at radius 3 is 2.92 bits per heavy atom. The molecule has 0 aromatic carbocycles. The van der Waals surface area contributed by atoms with Crippen molar-refractivity contribution in [3.63, 3.8) is 0 Å². The second-order valence-electron chi connectivity index (χ2n) is 4.09.